The zero-order valence-corrected chi connectivity index (χ0v) is 23.9. The number of hydrogen-bond donors (Lipinski definition) is 1. The molecule has 40 heavy (non-hydrogen) atoms. The van der Waals surface area contributed by atoms with Crippen molar-refractivity contribution in [3.05, 3.63) is 53.6 Å². The summed E-state index contributed by atoms with van der Waals surface area (Å²) in [7, 11) is 6.50. The molecule has 2 atom stereocenters. The number of benzene rings is 2. The first-order chi connectivity index (χ1) is 19.3. The normalized spacial score (nSPS) is 19.4. The molecular weight excluding hydrogens is 514 g/mol. The van der Waals surface area contributed by atoms with E-state index >= 15 is 0 Å². The Morgan fingerprint density at radius 3 is 2.33 bits per heavy atom. The van der Waals surface area contributed by atoms with Crippen LogP contribution in [0.2, 0.25) is 0 Å². The van der Waals surface area contributed by atoms with E-state index in [0.717, 1.165) is 23.3 Å². The van der Waals surface area contributed by atoms with Gasteiger partial charge in [-0.1, -0.05) is 31.5 Å². The maximum absolute atomic E-state index is 13.6. The number of ether oxygens (including phenoxy) is 3. The van der Waals surface area contributed by atoms with Crippen LogP contribution in [0.4, 0.5) is 4.79 Å². The van der Waals surface area contributed by atoms with E-state index in [4.69, 9.17) is 14.2 Å². The lowest BCUT2D eigenvalue weighted by Gasteiger charge is -2.54. The van der Waals surface area contributed by atoms with E-state index in [0.29, 0.717) is 37.4 Å². The van der Waals surface area contributed by atoms with E-state index in [1.54, 1.807) is 48.2 Å². The molecule has 1 N–H and O–H groups in total. The summed E-state index contributed by atoms with van der Waals surface area (Å²) in [6.45, 7) is 2.99. The Hall–Kier alpha value is -3.99. The van der Waals surface area contributed by atoms with Gasteiger partial charge in [0.25, 0.3) is 0 Å². The van der Waals surface area contributed by atoms with Gasteiger partial charge in [0, 0.05) is 20.1 Å². The standard InChI is InChI=1S/C29H39N5O6/c1-6-7-23-28(36)32(15-14-20-10-13-24(39-4)25(16-20)40-5)18-26-33(23)27(35)19-31(2)34(26)29(37)30-17-21-8-11-22(38-3)12-9-21/h8-13,16,23,26H,6-7,14-15,17-19H2,1-5H3,(H,30,37)/t23-,26-/m0/s1. The Kier molecular flexibility index (Phi) is 9.36. The molecule has 0 bridgehead atoms. The molecule has 0 saturated carbocycles. The van der Waals surface area contributed by atoms with Crippen LogP contribution in [0.3, 0.4) is 0 Å². The number of likely N-dealkylation sites (N-methyl/N-ethyl adjacent to an activating group) is 1. The molecule has 11 nitrogen and oxygen atoms in total. The molecule has 2 fully saturated rings. The van der Waals surface area contributed by atoms with Crippen LogP contribution >= 0.6 is 0 Å². The third-order valence-electron chi connectivity index (χ3n) is 7.43. The fourth-order valence-corrected chi connectivity index (χ4v) is 5.36. The predicted octanol–water partition coefficient (Wildman–Crippen LogP) is 2.49. The summed E-state index contributed by atoms with van der Waals surface area (Å²) in [5.74, 6) is 1.76. The minimum Gasteiger partial charge on any atom is -0.497 e. The molecule has 2 heterocycles. The van der Waals surface area contributed by atoms with Crippen LogP contribution in [0.1, 0.15) is 30.9 Å². The average Bonchev–Trinajstić information content (AvgIpc) is 2.96. The zero-order chi connectivity index (χ0) is 28.8. The second kappa shape index (κ2) is 12.9. The fourth-order valence-electron chi connectivity index (χ4n) is 5.36. The fraction of sp³-hybridized carbons (Fsp3) is 0.483. The number of rotatable bonds is 10. The average molecular weight is 554 g/mol. The van der Waals surface area contributed by atoms with Gasteiger partial charge in [0.2, 0.25) is 11.8 Å². The summed E-state index contributed by atoms with van der Waals surface area (Å²) >= 11 is 0. The Labute approximate surface area is 235 Å². The van der Waals surface area contributed by atoms with Crippen molar-refractivity contribution in [1.29, 1.82) is 0 Å². The molecule has 2 aliphatic rings. The van der Waals surface area contributed by atoms with Crippen LogP contribution in [0.25, 0.3) is 0 Å². The molecule has 0 aromatic heterocycles. The minimum atomic E-state index is -0.618. The largest absolute Gasteiger partial charge is 0.497 e. The SMILES string of the molecule is CCC[C@H]1C(=O)N(CCc2ccc(OC)c(OC)c2)C[C@H]2N1C(=O)CN(C)N2C(=O)NCc1ccc(OC)cc1. The first kappa shape index (κ1) is 29.0. The lowest BCUT2D eigenvalue weighted by molar-refractivity contribution is -0.187. The van der Waals surface area contributed by atoms with Crippen molar-refractivity contribution in [2.24, 2.45) is 0 Å². The third kappa shape index (κ3) is 6.09. The first-order valence-corrected chi connectivity index (χ1v) is 13.5. The molecule has 2 saturated heterocycles. The molecule has 0 radical (unpaired) electrons. The van der Waals surface area contributed by atoms with Crippen LogP contribution in [0, 0.1) is 0 Å². The molecule has 11 heteroatoms. The number of methoxy groups -OCH3 is 3. The second-order valence-electron chi connectivity index (χ2n) is 9.98. The predicted molar refractivity (Wildman–Crippen MR) is 149 cm³/mol. The number of piperazine rings is 1. The number of carbonyl (C=O) groups excluding carboxylic acids is 3. The number of urea groups is 1. The van der Waals surface area contributed by atoms with Gasteiger partial charge >= 0.3 is 6.03 Å². The maximum Gasteiger partial charge on any atom is 0.334 e. The van der Waals surface area contributed by atoms with E-state index in [2.05, 4.69) is 5.32 Å². The number of nitrogens with zero attached hydrogens (tertiary/aromatic N) is 4. The topological polar surface area (TPSA) is 104 Å². The van der Waals surface area contributed by atoms with Gasteiger partial charge in [-0.15, -0.1) is 0 Å². The molecular formula is C29H39N5O6. The van der Waals surface area contributed by atoms with Gasteiger partial charge in [-0.3, -0.25) is 9.59 Å². The van der Waals surface area contributed by atoms with Crippen molar-refractivity contribution >= 4 is 17.8 Å². The Morgan fingerprint density at radius 2 is 1.68 bits per heavy atom. The van der Waals surface area contributed by atoms with Crippen LogP contribution in [-0.2, 0) is 22.6 Å². The number of carbonyl (C=O) groups is 3. The monoisotopic (exact) mass is 553 g/mol. The van der Waals surface area contributed by atoms with Gasteiger partial charge in [-0.25, -0.2) is 14.8 Å². The van der Waals surface area contributed by atoms with Gasteiger partial charge in [0.05, 0.1) is 34.4 Å². The first-order valence-electron chi connectivity index (χ1n) is 13.5. The summed E-state index contributed by atoms with van der Waals surface area (Å²) in [4.78, 5) is 43.7. The lowest BCUT2D eigenvalue weighted by atomic mass is 10.0. The molecule has 0 unspecified atom stereocenters. The zero-order valence-electron chi connectivity index (χ0n) is 23.9. The van der Waals surface area contributed by atoms with E-state index in [-0.39, 0.29) is 30.9 Å². The van der Waals surface area contributed by atoms with Gasteiger partial charge < -0.3 is 29.3 Å². The third-order valence-corrected chi connectivity index (χ3v) is 7.43. The van der Waals surface area contributed by atoms with E-state index in [1.165, 1.54) is 0 Å². The molecule has 216 valence electrons. The summed E-state index contributed by atoms with van der Waals surface area (Å²) in [5, 5.41) is 6.19. The van der Waals surface area contributed by atoms with Gasteiger partial charge in [0.1, 0.15) is 18.0 Å². The summed E-state index contributed by atoms with van der Waals surface area (Å²) in [6.07, 6.45) is 1.24. The molecule has 2 aliphatic heterocycles. The molecule has 0 aliphatic carbocycles. The summed E-state index contributed by atoms with van der Waals surface area (Å²) in [5.41, 5.74) is 1.91. The number of fused-ring (bicyclic) bond motifs is 1. The second-order valence-corrected chi connectivity index (χ2v) is 9.98. The molecule has 4 rings (SSSR count). The molecule has 2 aromatic carbocycles. The number of amides is 4. The minimum absolute atomic E-state index is 0.0194. The van der Waals surface area contributed by atoms with E-state index < -0.39 is 12.2 Å². The highest BCUT2D eigenvalue weighted by Gasteiger charge is 2.50. The van der Waals surface area contributed by atoms with E-state index in [1.807, 2.05) is 49.4 Å². The Morgan fingerprint density at radius 1 is 0.975 bits per heavy atom. The number of hydrazine groups is 1. The molecule has 0 spiro atoms. The van der Waals surface area contributed by atoms with Crippen LogP contribution in [0.15, 0.2) is 42.5 Å². The quantitative estimate of drug-likeness (QED) is 0.482. The van der Waals surface area contributed by atoms with Gasteiger partial charge in [-0.05, 0) is 48.2 Å². The van der Waals surface area contributed by atoms with Gasteiger partial charge in [-0.2, -0.15) is 0 Å². The summed E-state index contributed by atoms with van der Waals surface area (Å²) < 4.78 is 16.0. The van der Waals surface area contributed by atoms with Crippen molar-refractivity contribution in [2.75, 3.05) is 48.0 Å². The van der Waals surface area contributed by atoms with Crippen molar-refractivity contribution < 1.29 is 28.6 Å². The smallest absolute Gasteiger partial charge is 0.334 e. The van der Waals surface area contributed by atoms with Crippen molar-refractivity contribution in [1.82, 2.24) is 25.1 Å². The molecule has 4 amide bonds. The van der Waals surface area contributed by atoms with E-state index in [9.17, 15) is 14.4 Å². The van der Waals surface area contributed by atoms with Gasteiger partial charge in [0.15, 0.2) is 11.5 Å². The highest BCUT2D eigenvalue weighted by atomic mass is 16.5. The van der Waals surface area contributed by atoms with Crippen molar-refractivity contribution in [2.45, 2.75) is 44.9 Å². The highest BCUT2D eigenvalue weighted by molar-refractivity contribution is 5.91. The number of nitrogens with one attached hydrogen (secondary N) is 1. The number of hydrogen-bond acceptors (Lipinski definition) is 7. The van der Waals surface area contributed by atoms with Crippen molar-refractivity contribution in [3.8, 4) is 17.2 Å². The maximum atomic E-state index is 13.6. The Balaban J connectivity index is 1.53. The van der Waals surface area contributed by atoms with Crippen molar-refractivity contribution in [3.63, 3.8) is 0 Å². The lowest BCUT2D eigenvalue weighted by Crippen LogP contribution is -2.76. The van der Waals surface area contributed by atoms with Crippen LogP contribution < -0.4 is 19.5 Å². The summed E-state index contributed by atoms with van der Waals surface area (Å²) in [6, 6.07) is 12.2. The Bertz CT molecular complexity index is 1210. The molecule has 2 aromatic rings. The van der Waals surface area contributed by atoms with Crippen LogP contribution in [0.5, 0.6) is 17.2 Å². The highest BCUT2D eigenvalue weighted by Crippen LogP contribution is 2.30. The van der Waals surface area contributed by atoms with Crippen LogP contribution in [-0.4, -0.2) is 97.9 Å².